The first-order valence-electron chi connectivity index (χ1n) is 10.0. The number of carbonyl (C=O) groups is 2. The summed E-state index contributed by atoms with van der Waals surface area (Å²) in [6, 6.07) is 3.42. The Labute approximate surface area is 173 Å². The number of nitrogens with zero attached hydrogens (tertiary/aromatic N) is 3. The second kappa shape index (κ2) is 11.2. The molecule has 1 N–H and O–H groups in total. The second-order valence-corrected chi connectivity index (χ2v) is 7.33. The van der Waals surface area contributed by atoms with Crippen molar-refractivity contribution in [2.24, 2.45) is 0 Å². The highest BCUT2D eigenvalue weighted by atomic mass is 16.6. The van der Waals surface area contributed by atoms with Gasteiger partial charge < -0.3 is 19.7 Å². The summed E-state index contributed by atoms with van der Waals surface area (Å²) >= 11 is 0. The van der Waals surface area contributed by atoms with Gasteiger partial charge in [-0.3, -0.25) is 4.79 Å². The minimum atomic E-state index is -0.526. The number of piperidine rings is 1. The van der Waals surface area contributed by atoms with Crippen molar-refractivity contribution in [1.82, 2.24) is 15.2 Å². The summed E-state index contributed by atoms with van der Waals surface area (Å²) < 4.78 is 10.8. The molecule has 1 aromatic rings. The maximum absolute atomic E-state index is 12.5. The van der Waals surface area contributed by atoms with E-state index in [0.717, 1.165) is 0 Å². The van der Waals surface area contributed by atoms with E-state index >= 15 is 0 Å². The molecule has 160 valence electrons. The number of aromatic nitrogens is 1. The van der Waals surface area contributed by atoms with Crippen LogP contribution in [-0.4, -0.2) is 53.2 Å². The van der Waals surface area contributed by atoms with Gasteiger partial charge >= 0.3 is 6.09 Å². The fraction of sp³-hybridized carbons (Fsp3) is 0.619. The van der Waals surface area contributed by atoms with Crippen molar-refractivity contribution >= 4 is 12.0 Å². The number of hydrogen-bond donors (Lipinski definition) is 1. The zero-order valence-electron chi connectivity index (χ0n) is 18.2. The normalized spacial score (nSPS) is 14.2. The molecule has 0 spiro atoms. The fourth-order valence-electron chi connectivity index (χ4n) is 2.71. The molecule has 1 fully saturated rings. The lowest BCUT2D eigenvalue weighted by atomic mass is 10.1. The van der Waals surface area contributed by atoms with Crippen LogP contribution >= 0.6 is 0 Å². The third kappa shape index (κ3) is 7.60. The third-order valence-corrected chi connectivity index (χ3v) is 4.00. The third-order valence-electron chi connectivity index (χ3n) is 4.00. The first-order valence-corrected chi connectivity index (χ1v) is 10.0. The Hall–Kier alpha value is -2.82. The zero-order chi connectivity index (χ0) is 22.0. The Bertz CT molecular complexity index is 729. The number of amides is 2. The molecule has 0 saturated carbocycles. The molecule has 8 nitrogen and oxygen atoms in total. The lowest BCUT2D eigenvalue weighted by molar-refractivity contribution is 0.0199. The standard InChI is InChI=1S/C19H26N4O4.C2H6/c1-5-26-16-10-15(21-12-13(16)11-20)17(24)22-14-6-8-23(9-7-14)18(25)27-19(2,3)4;1-2/h10,12,14H,5-9H2,1-4H3,(H,22,24);1-2H3. The quantitative estimate of drug-likeness (QED) is 0.823. The first kappa shape index (κ1) is 24.2. The SMILES string of the molecule is CC.CCOc1cc(C(=O)NC2CCN(C(=O)OC(C)(C)C)CC2)ncc1C#N. The summed E-state index contributed by atoms with van der Waals surface area (Å²) in [5.41, 5.74) is -0.0344. The van der Waals surface area contributed by atoms with E-state index in [1.54, 1.807) is 11.8 Å². The molecule has 1 aliphatic rings. The molecule has 1 saturated heterocycles. The highest BCUT2D eigenvalue weighted by Crippen LogP contribution is 2.19. The van der Waals surface area contributed by atoms with Gasteiger partial charge in [-0.05, 0) is 40.5 Å². The van der Waals surface area contributed by atoms with E-state index in [1.165, 1.54) is 12.3 Å². The summed E-state index contributed by atoms with van der Waals surface area (Å²) in [6.07, 6.45) is 2.28. The second-order valence-electron chi connectivity index (χ2n) is 7.33. The summed E-state index contributed by atoms with van der Waals surface area (Å²) in [4.78, 5) is 30.2. The molecule has 1 aliphatic heterocycles. The lowest BCUT2D eigenvalue weighted by Gasteiger charge is -2.33. The van der Waals surface area contributed by atoms with Crippen molar-refractivity contribution in [2.45, 2.75) is 66.0 Å². The van der Waals surface area contributed by atoms with Gasteiger partial charge in [0.1, 0.15) is 28.7 Å². The summed E-state index contributed by atoms with van der Waals surface area (Å²) in [5, 5.41) is 12.0. The van der Waals surface area contributed by atoms with Gasteiger partial charge in [0, 0.05) is 31.4 Å². The molecule has 0 radical (unpaired) electrons. The number of nitriles is 1. The minimum absolute atomic E-state index is 0.0517. The molecule has 0 atom stereocenters. The number of carbonyl (C=O) groups excluding carboxylic acids is 2. The van der Waals surface area contributed by atoms with Crippen LogP contribution in [0, 0.1) is 11.3 Å². The van der Waals surface area contributed by atoms with Crippen LogP contribution in [0.3, 0.4) is 0 Å². The molecule has 8 heteroatoms. The van der Waals surface area contributed by atoms with Crippen LogP contribution in [0.4, 0.5) is 4.79 Å². The molecule has 0 aliphatic carbocycles. The van der Waals surface area contributed by atoms with Crippen LogP contribution in [0.2, 0.25) is 0 Å². The van der Waals surface area contributed by atoms with Gasteiger partial charge in [0.15, 0.2) is 0 Å². The van der Waals surface area contributed by atoms with Gasteiger partial charge in [0.05, 0.1) is 6.61 Å². The van der Waals surface area contributed by atoms with Gasteiger partial charge in [-0.25, -0.2) is 9.78 Å². The molecule has 2 rings (SSSR count). The molecule has 2 heterocycles. The van der Waals surface area contributed by atoms with E-state index in [9.17, 15) is 9.59 Å². The van der Waals surface area contributed by atoms with Crippen LogP contribution in [0.1, 0.15) is 70.4 Å². The van der Waals surface area contributed by atoms with E-state index in [1.807, 2.05) is 40.7 Å². The van der Waals surface area contributed by atoms with Crippen LogP contribution in [-0.2, 0) is 4.74 Å². The molecule has 0 bridgehead atoms. The Kier molecular flexibility index (Phi) is 9.39. The molecule has 2 amide bonds. The van der Waals surface area contributed by atoms with Crippen LogP contribution in [0.25, 0.3) is 0 Å². The number of pyridine rings is 1. The molecule has 0 unspecified atom stereocenters. The predicted octanol–water partition coefficient (Wildman–Crippen LogP) is 3.51. The van der Waals surface area contributed by atoms with E-state index < -0.39 is 5.60 Å². The maximum Gasteiger partial charge on any atom is 0.410 e. The summed E-state index contributed by atoms with van der Waals surface area (Å²) in [6.45, 7) is 12.7. The summed E-state index contributed by atoms with van der Waals surface area (Å²) in [5.74, 6) is 0.0241. The van der Waals surface area contributed by atoms with E-state index in [4.69, 9.17) is 14.7 Å². The molecule has 29 heavy (non-hydrogen) atoms. The van der Waals surface area contributed by atoms with E-state index in [2.05, 4.69) is 10.3 Å². The summed E-state index contributed by atoms with van der Waals surface area (Å²) in [7, 11) is 0. The monoisotopic (exact) mass is 404 g/mol. The Morgan fingerprint density at radius 2 is 1.93 bits per heavy atom. The van der Waals surface area contributed by atoms with Crippen LogP contribution < -0.4 is 10.1 Å². The number of likely N-dealkylation sites (tertiary alicyclic amines) is 1. The lowest BCUT2D eigenvalue weighted by Crippen LogP contribution is -2.47. The molecule has 0 aromatic carbocycles. The van der Waals surface area contributed by atoms with Crippen molar-refractivity contribution in [2.75, 3.05) is 19.7 Å². The smallest absolute Gasteiger partial charge is 0.410 e. The van der Waals surface area contributed by atoms with Crippen molar-refractivity contribution in [1.29, 1.82) is 5.26 Å². The van der Waals surface area contributed by atoms with Gasteiger partial charge in [0.2, 0.25) is 0 Å². The maximum atomic E-state index is 12.5. The minimum Gasteiger partial charge on any atom is -0.492 e. The molecular formula is C21H32N4O4. The van der Waals surface area contributed by atoms with E-state index in [-0.39, 0.29) is 23.7 Å². The average Bonchev–Trinajstić information content (AvgIpc) is 2.69. The Balaban J connectivity index is 0.00000204. The average molecular weight is 405 g/mol. The van der Waals surface area contributed by atoms with Crippen molar-refractivity contribution in [3.63, 3.8) is 0 Å². The number of hydrogen-bond acceptors (Lipinski definition) is 6. The van der Waals surface area contributed by atoms with Crippen molar-refractivity contribution in [3.8, 4) is 11.8 Å². The number of nitrogens with one attached hydrogen (secondary N) is 1. The van der Waals surface area contributed by atoms with Gasteiger partial charge in [-0.15, -0.1) is 0 Å². The van der Waals surface area contributed by atoms with Gasteiger partial charge in [0.25, 0.3) is 5.91 Å². The fourth-order valence-corrected chi connectivity index (χ4v) is 2.71. The number of rotatable bonds is 4. The Morgan fingerprint density at radius 1 is 1.31 bits per heavy atom. The van der Waals surface area contributed by atoms with E-state index in [0.29, 0.717) is 43.9 Å². The Morgan fingerprint density at radius 3 is 2.45 bits per heavy atom. The molecule has 1 aromatic heterocycles. The highest BCUT2D eigenvalue weighted by Gasteiger charge is 2.28. The van der Waals surface area contributed by atoms with Crippen molar-refractivity contribution < 1.29 is 19.1 Å². The van der Waals surface area contributed by atoms with Gasteiger partial charge in [-0.2, -0.15) is 5.26 Å². The topological polar surface area (TPSA) is 105 Å². The van der Waals surface area contributed by atoms with Crippen molar-refractivity contribution in [3.05, 3.63) is 23.5 Å². The number of ether oxygens (including phenoxy) is 2. The first-order chi connectivity index (χ1) is 13.7. The van der Waals surface area contributed by atoms with Gasteiger partial charge in [-0.1, -0.05) is 13.8 Å². The predicted molar refractivity (Wildman–Crippen MR) is 110 cm³/mol. The van der Waals surface area contributed by atoms with Crippen LogP contribution in [0.5, 0.6) is 5.75 Å². The largest absolute Gasteiger partial charge is 0.492 e. The zero-order valence-corrected chi connectivity index (χ0v) is 18.2. The van der Waals surface area contributed by atoms with Crippen LogP contribution in [0.15, 0.2) is 12.3 Å². The molecular weight excluding hydrogens is 372 g/mol. The highest BCUT2D eigenvalue weighted by molar-refractivity contribution is 5.93.